The Morgan fingerprint density at radius 3 is 2.46 bits per heavy atom. The van der Waals surface area contributed by atoms with Gasteiger partial charge in [0.1, 0.15) is 11.6 Å². The molecule has 0 bridgehead atoms. The first-order valence-electron chi connectivity index (χ1n) is 13.0. The van der Waals surface area contributed by atoms with E-state index in [4.69, 9.17) is 9.84 Å². The highest BCUT2D eigenvalue weighted by atomic mass is 16.5. The van der Waals surface area contributed by atoms with Gasteiger partial charge in [0.2, 0.25) is 0 Å². The number of methoxy groups -OCH3 is 1. The highest BCUT2D eigenvalue weighted by Gasteiger charge is 2.36. The zero-order chi connectivity index (χ0) is 27.1. The Kier molecular flexibility index (Phi) is 6.19. The minimum absolute atomic E-state index is 0.169. The van der Waals surface area contributed by atoms with Crippen LogP contribution in [0.15, 0.2) is 91.1 Å². The van der Waals surface area contributed by atoms with E-state index in [-0.39, 0.29) is 12.1 Å². The molecular formula is C32H31N5O2. The molecule has 2 aromatic heterocycles. The summed E-state index contributed by atoms with van der Waals surface area (Å²) in [6.07, 6.45) is 2.05. The zero-order valence-corrected chi connectivity index (χ0v) is 22.6. The number of fused-ring (bicyclic) bond motifs is 3. The monoisotopic (exact) mass is 517 g/mol. The number of aromatic nitrogens is 3. The van der Waals surface area contributed by atoms with Gasteiger partial charge in [-0.1, -0.05) is 42.5 Å². The van der Waals surface area contributed by atoms with Crippen molar-refractivity contribution in [1.29, 1.82) is 0 Å². The summed E-state index contributed by atoms with van der Waals surface area (Å²) in [5.74, 6) is 1.72. The fourth-order valence-corrected chi connectivity index (χ4v) is 5.34. The van der Waals surface area contributed by atoms with Crippen molar-refractivity contribution < 1.29 is 9.53 Å². The Labute approximate surface area is 228 Å². The number of rotatable bonds is 4. The minimum atomic E-state index is -0.341. The maximum atomic E-state index is 14.2. The second-order valence-electron chi connectivity index (χ2n) is 9.99. The van der Waals surface area contributed by atoms with Crippen LogP contribution in [0.5, 0.6) is 5.75 Å². The van der Waals surface area contributed by atoms with Gasteiger partial charge in [-0.15, -0.1) is 0 Å². The quantitative estimate of drug-likeness (QED) is 0.287. The Bertz CT molecular complexity index is 1650. The lowest BCUT2D eigenvalue weighted by Crippen LogP contribution is -2.38. The average Bonchev–Trinajstić information content (AvgIpc) is 3.51. The number of para-hydroxylation sites is 1. The fraction of sp³-hybridized carbons (Fsp3) is 0.188. The van der Waals surface area contributed by atoms with Gasteiger partial charge in [-0.05, 0) is 79.9 Å². The van der Waals surface area contributed by atoms with Gasteiger partial charge in [0.15, 0.2) is 0 Å². The number of nitrogens with zero attached hydrogens (tertiary/aromatic N) is 4. The van der Waals surface area contributed by atoms with E-state index in [0.717, 1.165) is 56.6 Å². The highest BCUT2D eigenvalue weighted by molar-refractivity contribution is 5.91. The maximum absolute atomic E-state index is 14.2. The minimum Gasteiger partial charge on any atom is -0.497 e. The van der Waals surface area contributed by atoms with Gasteiger partial charge < -0.3 is 19.5 Å². The lowest BCUT2D eigenvalue weighted by atomic mass is 10.0. The first-order chi connectivity index (χ1) is 18.9. The van der Waals surface area contributed by atoms with Crippen LogP contribution in [-0.2, 0) is 6.54 Å². The van der Waals surface area contributed by atoms with Crippen molar-refractivity contribution in [2.75, 3.05) is 12.4 Å². The molecular weight excluding hydrogens is 486 g/mol. The Morgan fingerprint density at radius 1 is 0.949 bits per heavy atom. The van der Waals surface area contributed by atoms with E-state index < -0.39 is 0 Å². The molecule has 0 radical (unpaired) electrons. The summed E-state index contributed by atoms with van der Waals surface area (Å²) in [7, 11) is 1.66. The first-order valence-corrected chi connectivity index (χ1v) is 13.0. The number of aryl methyl sites for hydroxylation is 3. The third-order valence-electron chi connectivity index (χ3n) is 7.41. The number of amides is 2. The van der Waals surface area contributed by atoms with E-state index in [1.807, 2.05) is 103 Å². The summed E-state index contributed by atoms with van der Waals surface area (Å²) in [6.45, 7) is 6.44. The molecule has 0 saturated heterocycles. The Morgan fingerprint density at radius 2 is 1.72 bits per heavy atom. The second-order valence-corrected chi connectivity index (χ2v) is 9.99. The first kappa shape index (κ1) is 24.6. The third-order valence-corrected chi connectivity index (χ3v) is 7.41. The van der Waals surface area contributed by atoms with Crippen LogP contribution in [0.2, 0.25) is 0 Å². The summed E-state index contributed by atoms with van der Waals surface area (Å²) in [5, 5.41) is 8.14. The molecule has 0 unspecified atom stereocenters. The van der Waals surface area contributed by atoms with Crippen LogP contribution < -0.4 is 10.1 Å². The van der Waals surface area contributed by atoms with E-state index in [0.29, 0.717) is 6.54 Å². The van der Waals surface area contributed by atoms with Crippen molar-refractivity contribution in [1.82, 2.24) is 19.2 Å². The zero-order valence-electron chi connectivity index (χ0n) is 22.6. The number of ether oxygens (including phenoxy) is 1. The van der Waals surface area contributed by atoms with E-state index in [1.54, 1.807) is 7.11 Å². The molecule has 5 aromatic rings. The lowest BCUT2D eigenvalue weighted by molar-refractivity contribution is 0.194. The third kappa shape index (κ3) is 4.36. The van der Waals surface area contributed by atoms with Crippen molar-refractivity contribution in [3.8, 4) is 17.3 Å². The van der Waals surface area contributed by atoms with Crippen LogP contribution in [0.3, 0.4) is 0 Å². The van der Waals surface area contributed by atoms with Gasteiger partial charge in [0.25, 0.3) is 0 Å². The summed E-state index contributed by atoms with van der Waals surface area (Å²) in [4.78, 5) is 16.1. The molecule has 0 aliphatic carbocycles. The highest BCUT2D eigenvalue weighted by Crippen LogP contribution is 2.39. The standard InChI is InChI=1S/C32H31N5O2/c1-21-12-13-22(2)28(19-21)33-32(38)36-20-27-23(3)34-37(25-9-6-5-7-10-25)31(27)35-18-8-11-29(35)30(36)24-14-16-26(39-4)17-15-24/h5-19,30H,20H2,1-4H3,(H,33,38)/t30-/m1/s1. The molecule has 0 spiro atoms. The van der Waals surface area contributed by atoms with Gasteiger partial charge in [-0.2, -0.15) is 5.10 Å². The van der Waals surface area contributed by atoms with E-state index >= 15 is 0 Å². The predicted octanol–water partition coefficient (Wildman–Crippen LogP) is 6.73. The van der Waals surface area contributed by atoms with Crippen LogP contribution in [0.1, 0.15) is 39.7 Å². The largest absolute Gasteiger partial charge is 0.497 e. The number of urea groups is 1. The second kappa shape index (κ2) is 9.83. The molecule has 1 aliphatic rings. The summed E-state index contributed by atoms with van der Waals surface area (Å²) >= 11 is 0. The maximum Gasteiger partial charge on any atom is 0.322 e. The number of hydrogen-bond acceptors (Lipinski definition) is 3. The van der Waals surface area contributed by atoms with Gasteiger partial charge in [0.05, 0.1) is 36.8 Å². The smallest absolute Gasteiger partial charge is 0.322 e. The molecule has 196 valence electrons. The van der Waals surface area contributed by atoms with E-state index in [1.165, 1.54) is 0 Å². The van der Waals surface area contributed by atoms with Gasteiger partial charge in [0, 0.05) is 17.4 Å². The molecule has 2 amide bonds. The number of carbonyl (C=O) groups excluding carboxylic acids is 1. The number of nitrogens with one attached hydrogen (secondary N) is 1. The average molecular weight is 518 g/mol. The molecule has 3 heterocycles. The van der Waals surface area contributed by atoms with Gasteiger partial charge in [-0.3, -0.25) is 0 Å². The van der Waals surface area contributed by atoms with Gasteiger partial charge in [-0.25, -0.2) is 9.48 Å². The predicted molar refractivity (Wildman–Crippen MR) is 153 cm³/mol. The van der Waals surface area contributed by atoms with Crippen LogP contribution in [0.25, 0.3) is 11.5 Å². The van der Waals surface area contributed by atoms with Crippen molar-refractivity contribution in [2.24, 2.45) is 0 Å². The molecule has 1 aliphatic heterocycles. The number of benzene rings is 3. The molecule has 6 rings (SSSR count). The Balaban J connectivity index is 1.53. The molecule has 0 saturated carbocycles. The lowest BCUT2D eigenvalue weighted by Gasteiger charge is -2.31. The van der Waals surface area contributed by atoms with E-state index in [2.05, 4.69) is 28.2 Å². The Hall–Kier alpha value is -4.78. The molecule has 0 fully saturated rings. The van der Waals surface area contributed by atoms with Crippen LogP contribution >= 0.6 is 0 Å². The van der Waals surface area contributed by atoms with Crippen molar-refractivity contribution in [3.05, 3.63) is 125 Å². The summed E-state index contributed by atoms with van der Waals surface area (Å²) in [5.41, 5.74) is 7.75. The number of carbonyl (C=O) groups is 1. The SMILES string of the molecule is COc1ccc([C@@H]2c3cccn3-c3c(c(C)nn3-c3ccccc3)CN2C(=O)Nc2cc(C)ccc2C)cc1. The topological polar surface area (TPSA) is 64.3 Å². The fourth-order valence-electron chi connectivity index (χ4n) is 5.34. The molecule has 7 nitrogen and oxygen atoms in total. The molecule has 39 heavy (non-hydrogen) atoms. The summed E-state index contributed by atoms with van der Waals surface area (Å²) in [6, 6.07) is 27.8. The van der Waals surface area contributed by atoms with Crippen molar-refractivity contribution >= 4 is 11.7 Å². The van der Waals surface area contributed by atoms with Crippen LogP contribution in [0.4, 0.5) is 10.5 Å². The van der Waals surface area contributed by atoms with Gasteiger partial charge >= 0.3 is 6.03 Å². The molecule has 1 N–H and O–H groups in total. The van der Waals surface area contributed by atoms with Crippen molar-refractivity contribution in [3.63, 3.8) is 0 Å². The summed E-state index contributed by atoms with van der Waals surface area (Å²) < 4.78 is 9.57. The number of anilines is 1. The molecule has 1 atom stereocenters. The van der Waals surface area contributed by atoms with Crippen molar-refractivity contribution in [2.45, 2.75) is 33.4 Å². The number of hydrogen-bond donors (Lipinski definition) is 1. The van der Waals surface area contributed by atoms with Crippen LogP contribution in [-0.4, -0.2) is 32.4 Å². The van der Waals surface area contributed by atoms with Crippen LogP contribution in [0, 0.1) is 20.8 Å². The molecule has 7 heteroatoms. The normalized spacial score (nSPS) is 14.4. The van der Waals surface area contributed by atoms with E-state index in [9.17, 15) is 4.79 Å². The molecule has 3 aromatic carbocycles.